The molecule has 0 bridgehead atoms. The molecule has 0 aromatic rings. The molecule has 62 valence electrons. The Balaban J connectivity index is 2.65. The Morgan fingerprint density at radius 2 is 0.800 bits per heavy atom. The zero-order valence-electron chi connectivity index (χ0n) is 6.81. The Kier molecular flexibility index (Phi) is 11.2. The number of hydrogen-bond acceptors (Lipinski definition) is 0. The number of hydrogen-bond donors (Lipinski definition) is 0. The molecule has 0 aromatic carbocycles. The van der Waals surface area contributed by atoms with Crippen molar-refractivity contribution in [3.05, 3.63) is 0 Å². The monoisotopic (exact) mass is 266 g/mol. The summed E-state index contributed by atoms with van der Waals surface area (Å²) in [6.45, 7) is 0. The van der Waals surface area contributed by atoms with Crippen LogP contribution in [0.15, 0.2) is 0 Å². The van der Waals surface area contributed by atoms with E-state index in [1.54, 1.807) is 0 Å². The van der Waals surface area contributed by atoms with Crippen LogP contribution in [0.2, 0.25) is 10.4 Å². The average Bonchev–Trinajstić information content (AvgIpc) is 1.97. The molecular weight excluding hydrogens is 246 g/mol. The molecule has 0 aliphatic rings. The fourth-order valence-electron chi connectivity index (χ4n) is 0.996. The first-order valence-corrected chi connectivity index (χ1v) is 7.74. The van der Waals surface area contributed by atoms with Gasteiger partial charge in [0, 0.05) is 0 Å². The molecule has 0 N–H and O–H groups in total. The zero-order chi connectivity index (χ0) is 7.66. The first-order chi connectivity index (χ1) is 4.91. The van der Waals surface area contributed by atoms with E-state index in [2.05, 4.69) is 0 Å². The van der Waals surface area contributed by atoms with Crippen LogP contribution >= 0.6 is 0 Å². The molecule has 2 heteroatoms. The predicted molar refractivity (Wildman–Crippen MR) is 54.4 cm³/mol. The second-order valence-corrected chi connectivity index (χ2v) is 5.12. The SMILES string of the molecule is [AsH2]CCCCCCCC[AsH2]. The minimum atomic E-state index is 1.43. The van der Waals surface area contributed by atoms with Crippen molar-refractivity contribution in [2.24, 2.45) is 0 Å². The van der Waals surface area contributed by atoms with Crippen molar-refractivity contribution >= 4 is 33.7 Å². The second kappa shape index (κ2) is 10.1. The minimum absolute atomic E-state index is 1.43. The molecule has 0 saturated heterocycles. The van der Waals surface area contributed by atoms with Gasteiger partial charge in [0.1, 0.15) is 0 Å². The van der Waals surface area contributed by atoms with Crippen molar-refractivity contribution < 1.29 is 0 Å². The maximum absolute atomic E-state index is 1.88. The third-order valence-corrected chi connectivity index (χ3v) is 3.37. The zero-order valence-corrected chi connectivity index (χ0v) is 11.7. The Bertz CT molecular complexity index is 47.2. The van der Waals surface area contributed by atoms with Crippen molar-refractivity contribution in [2.45, 2.75) is 48.9 Å². The van der Waals surface area contributed by atoms with E-state index < -0.39 is 0 Å². The predicted octanol–water partition coefficient (Wildman–Crippen LogP) is 1.43. The van der Waals surface area contributed by atoms with E-state index in [4.69, 9.17) is 0 Å². The van der Waals surface area contributed by atoms with Gasteiger partial charge in [-0.3, -0.25) is 0 Å². The molecule has 0 saturated carbocycles. The van der Waals surface area contributed by atoms with Gasteiger partial charge >= 0.3 is 82.6 Å². The standard InChI is InChI=1S/C8H20As2/c9-7-5-3-1-2-4-6-8-10/h1-10H2. The van der Waals surface area contributed by atoms with E-state index in [0.717, 1.165) is 0 Å². The van der Waals surface area contributed by atoms with Gasteiger partial charge in [-0.2, -0.15) is 0 Å². The van der Waals surface area contributed by atoms with Crippen molar-refractivity contribution in [1.82, 2.24) is 0 Å². The molecule has 0 aromatic heterocycles. The maximum atomic E-state index is 1.88. The first-order valence-electron chi connectivity index (χ1n) is 4.32. The van der Waals surface area contributed by atoms with E-state index in [9.17, 15) is 0 Å². The van der Waals surface area contributed by atoms with Gasteiger partial charge in [-0.05, 0) is 0 Å². The molecule has 0 aliphatic carbocycles. The van der Waals surface area contributed by atoms with Gasteiger partial charge in [-0.25, -0.2) is 0 Å². The van der Waals surface area contributed by atoms with Crippen LogP contribution in [0.25, 0.3) is 0 Å². The summed E-state index contributed by atoms with van der Waals surface area (Å²) in [7, 11) is 0. The van der Waals surface area contributed by atoms with Gasteiger partial charge in [0.2, 0.25) is 0 Å². The Morgan fingerprint density at radius 3 is 1.10 bits per heavy atom. The van der Waals surface area contributed by atoms with Gasteiger partial charge < -0.3 is 0 Å². The van der Waals surface area contributed by atoms with Crippen molar-refractivity contribution in [1.29, 1.82) is 0 Å². The summed E-state index contributed by atoms with van der Waals surface area (Å²) >= 11 is 3.77. The summed E-state index contributed by atoms with van der Waals surface area (Å²) in [6.07, 6.45) is 8.86. The quantitative estimate of drug-likeness (QED) is 0.483. The van der Waals surface area contributed by atoms with E-state index in [0.29, 0.717) is 0 Å². The van der Waals surface area contributed by atoms with Crippen molar-refractivity contribution in [3.8, 4) is 0 Å². The van der Waals surface area contributed by atoms with Gasteiger partial charge in [0.05, 0.1) is 0 Å². The molecule has 0 spiro atoms. The van der Waals surface area contributed by atoms with Crippen LogP contribution in [-0.2, 0) is 0 Å². The second-order valence-electron chi connectivity index (χ2n) is 2.70. The third kappa shape index (κ3) is 9.12. The summed E-state index contributed by atoms with van der Waals surface area (Å²) in [5.74, 6) is 0. The normalized spacial score (nSPS) is 10.2. The van der Waals surface area contributed by atoms with Crippen LogP contribution < -0.4 is 0 Å². The molecular formula is C8H20As2. The first kappa shape index (κ1) is 11.1. The fraction of sp³-hybridized carbons (Fsp3) is 1.00. The van der Waals surface area contributed by atoms with E-state index in [-0.39, 0.29) is 0 Å². The van der Waals surface area contributed by atoms with Crippen LogP contribution in [-0.4, -0.2) is 33.7 Å². The van der Waals surface area contributed by atoms with Crippen LogP contribution in [0.5, 0.6) is 0 Å². The van der Waals surface area contributed by atoms with E-state index >= 15 is 0 Å². The number of rotatable bonds is 7. The van der Waals surface area contributed by atoms with Crippen LogP contribution in [0, 0.1) is 0 Å². The third-order valence-electron chi connectivity index (χ3n) is 1.66. The molecule has 2 atom stereocenters. The van der Waals surface area contributed by atoms with Gasteiger partial charge in [0.25, 0.3) is 0 Å². The Hall–Kier alpha value is 1.12. The molecule has 10 heavy (non-hydrogen) atoms. The van der Waals surface area contributed by atoms with E-state index in [1.807, 2.05) is 33.7 Å². The van der Waals surface area contributed by atoms with Crippen LogP contribution in [0.3, 0.4) is 0 Å². The fourth-order valence-corrected chi connectivity index (χ4v) is 2.21. The Morgan fingerprint density at radius 1 is 0.500 bits per heavy atom. The molecule has 0 fully saturated rings. The summed E-state index contributed by atoms with van der Waals surface area (Å²) in [6, 6.07) is 0. The molecule has 0 radical (unpaired) electrons. The summed E-state index contributed by atoms with van der Waals surface area (Å²) < 4.78 is 0. The molecule has 0 amide bonds. The van der Waals surface area contributed by atoms with Gasteiger partial charge in [0.15, 0.2) is 0 Å². The molecule has 0 rings (SSSR count). The van der Waals surface area contributed by atoms with E-state index in [1.165, 1.54) is 48.9 Å². The summed E-state index contributed by atoms with van der Waals surface area (Å²) in [5, 5.41) is 2.87. The molecule has 0 nitrogen and oxygen atoms in total. The molecule has 2 unspecified atom stereocenters. The topological polar surface area (TPSA) is 0 Å². The van der Waals surface area contributed by atoms with Crippen LogP contribution in [0.4, 0.5) is 0 Å². The number of unbranched alkanes of at least 4 members (excludes halogenated alkanes) is 5. The van der Waals surface area contributed by atoms with Gasteiger partial charge in [-0.15, -0.1) is 0 Å². The molecule has 0 aliphatic heterocycles. The van der Waals surface area contributed by atoms with Crippen LogP contribution in [0.1, 0.15) is 38.5 Å². The summed E-state index contributed by atoms with van der Waals surface area (Å²) in [5.41, 5.74) is 0. The average molecular weight is 266 g/mol. The van der Waals surface area contributed by atoms with Gasteiger partial charge in [-0.1, -0.05) is 0 Å². The summed E-state index contributed by atoms with van der Waals surface area (Å²) in [4.78, 5) is 0. The Labute approximate surface area is 82.5 Å². The van der Waals surface area contributed by atoms with Crippen molar-refractivity contribution in [2.75, 3.05) is 0 Å². The van der Waals surface area contributed by atoms with Crippen molar-refractivity contribution in [3.63, 3.8) is 0 Å². The molecule has 0 heterocycles.